The van der Waals surface area contributed by atoms with Crippen molar-refractivity contribution < 1.29 is 14.4 Å². The number of aldehydes is 1. The van der Waals surface area contributed by atoms with Crippen LogP contribution < -0.4 is 5.32 Å². The van der Waals surface area contributed by atoms with Crippen LogP contribution in [0.25, 0.3) is 0 Å². The Hall–Kier alpha value is -1.29. The molecule has 12 atom stereocenters. The van der Waals surface area contributed by atoms with Gasteiger partial charge >= 0.3 is 0 Å². The average Bonchev–Trinajstić information content (AvgIpc) is 3.25. The smallest absolute Gasteiger partial charge is 0.159 e. The Labute approximate surface area is 256 Å². The molecule has 0 heterocycles. The first-order valence-electron chi connectivity index (χ1n) is 17.8. The van der Waals surface area contributed by atoms with Crippen molar-refractivity contribution in [2.75, 3.05) is 13.6 Å². The zero-order chi connectivity index (χ0) is 30.2. The van der Waals surface area contributed by atoms with Gasteiger partial charge in [-0.2, -0.15) is 0 Å². The van der Waals surface area contributed by atoms with Crippen LogP contribution in [-0.2, 0) is 14.4 Å². The van der Waals surface area contributed by atoms with Gasteiger partial charge in [-0.15, -0.1) is 0 Å². The normalized spacial score (nSPS) is 48.2. The largest absolute Gasteiger partial charge is 0.320 e. The van der Waals surface area contributed by atoms with Gasteiger partial charge < -0.3 is 10.1 Å². The molecule has 0 amide bonds. The number of rotatable bonds is 8. The molecule has 12 unspecified atom stereocenters. The molecule has 1 N–H and O–H groups in total. The van der Waals surface area contributed by atoms with E-state index in [-0.39, 0.29) is 23.2 Å². The molecule has 4 nitrogen and oxygen atoms in total. The molecule has 0 radical (unpaired) electrons. The Morgan fingerprint density at radius 1 is 0.976 bits per heavy atom. The van der Waals surface area contributed by atoms with E-state index >= 15 is 0 Å². The molecular formula is C38H59NO3. The van der Waals surface area contributed by atoms with Crippen molar-refractivity contribution in [3.8, 4) is 0 Å². The maximum Gasteiger partial charge on any atom is 0.159 e. The van der Waals surface area contributed by atoms with E-state index in [1.165, 1.54) is 56.9 Å². The molecular weight excluding hydrogens is 518 g/mol. The second-order valence-corrected chi connectivity index (χ2v) is 17.1. The van der Waals surface area contributed by atoms with Crippen molar-refractivity contribution in [1.29, 1.82) is 0 Å². The van der Waals surface area contributed by atoms with Gasteiger partial charge in [0.1, 0.15) is 12.1 Å². The number of fused-ring (bicyclic) bond motifs is 7. The second kappa shape index (κ2) is 11.0. The predicted molar refractivity (Wildman–Crippen MR) is 169 cm³/mol. The average molecular weight is 578 g/mol. The van der Waals surface area contributed by atoms with E-state index in [1.807, 2.05) is 0 Å². The number of ketones is 2. The van der Waals surface area contributed by atoms with E-state index in [1.54, 1.807) is 5.57 Å². The Morgan fingerprint density at radius 3 is 2.33 bits per heavy atom. The van der Waals surface area contributed by atoms with Crippen molar-refractivity contribution in [3.63, 3.8) is 0 Å². The Kier molecular flexibility index (Phi) is 8.01. The molecule has 234 valence electrons. The molecule has 0 aromatic carbocycles. The minimum absolute atomic E-state index is 0.0974. The number of allylic oxidation sites excluding steroid dienone is 2. The lowest BCUT2D eigenvalue weighted by atomic mass is 9.37. The first kappa shape index (κ1) is 30.7. The van der Waals surface area contributed by atoms with Crippen LogP contribution in [0.15, 0.2) is 11.1 Å². The van der Waals surface area contributed by atoms with Crippen LogP contribution in [0.5, 0.6) is 0 Å². The SMILES string of the molecule is CNCCC12CCC3C(CCC4C3(C)CCC3C(C)C(CC(=O)C5CC(C=O)C5C)CCC34C)C1=C(C(C)C)C(=O)C2. The number of hydrogen-bond acceptors (Lipinski definition) is 4. The summed E-state index contributed by atoms with van der Waals surface area (Å²) in [5.41, 5.74) is 3.65. The Balaban J connectivity index is 1.22. The minimum atomic E-state index is 0.0974. The topological polar surface area (TPSA) is 63.2 Å². The fourth-order valence-corrected chi connectivity index (χ4v) is 12.9. The van der Waals surface area contributed by atoms with Crippen LogP contribution in [0.1, 0.15) is 119 Å². The highest BCUT2D eigenvalue weighted by atomic mass is 16.1. The summed E-state index contributed by atoms with van der Waals surface area (Å²) >= 11 is 0. The van der Waals surface area contributed by atoms with Gasteiger partial charge in [-0.25, -0.2) is 0 Å². The molecule has 0 aromatic rings. The van der Waals surface area contributed by atoms with Gasteiger partial charge in [0.15, 0.2) is 5.78 Å². The summed E-state index contributed by atoms with van der Waals surface area (Å²) in [7, 11) is 2.06. The van der Waals surface area contributed by atoms with Crippen LogP contribution >= 0.6 is 0 Å². The van der Waals surface area contributed by atoms with Crippen molar-refractivity contribution in [3.05, 3.63) is 11.1 Å². The van der Waals surface area contributed by atoms with Crippen molar-refractivity contribution >= 4 is 17.9 Å². The second-order valence-electron chi connectivity index (χ2n) is 17.1. The molecule has 0 bridgehead atoms. The number of Topliss-reactive ketones (excluding diaryl/α,β-unsaturated/α-hetero) is 2. The van der Waals surface area contributed by atoms with Gasteiger partial charge in [0.25, 0.3) is 0 Å². The highest BCUT2D eigenvalue weighted by molar-refractivity contribution is 6.00. The summed E-state index contributed by atoms with van der Waals surface area (Å²) in [4.78, 5) is 38.2. The van der Waals surface area contributed by atoms with E-state index < -0.39 is 0 Å². The number of hydrogen-bond donors (Lipinski definition) is 1. The van der Waals surface area contributed by atoms with Gasteiger partial charge in [0.05, 0.1) is 0 Å². The Morgan fingerprint density at radius 2 is 1.67 bits per heavy atom. The zero-order valence-corrected chi connectivity index (χ0v) is 27.8. The number of carbonyl (C=O) groups excluding carboxylic acids is 3. The van der Waals surface area contributed by atoms with Gasteiger partial charge in [0.2, 0.25) is 0 Å². The Bertz CT molecular complexity index is 1140. The third kappa shape index (κ3) is 4.41. The summed E-state index contributed by atoms with van der Waals surface area (Å²) in [5, 5.41) is 3.41. The fraction of sp³-hybridized carbons (Fsp3) is 0.868. The lowest BCUT2D eigenvalue weighted by Crippen LogP contribution is -2.60. The van der Waals surface area contributed by atoms with Gasteiger partial charge in [-0.3, -0.25) is 9.59 Å². The predicted octanol–water partition coefficient (Wildman–Crippen LogP) is 7.84. The number of nitrogens with one attached hydrogen (secondary N) is 1. The molecule has 6 rings (SSSR count). The van der Waals surface area contributed by atoms with Crippen LogP contribution in [0.3, 0.4) is 0 Å². The minimum Gasteiger partial charge on any atom is -0.320 e. The first-order valence-corrected chi connectivity index (χ1v) is 17.8. The zero-order valence-electron chi connectivity index (χ0n) is 27.8. The molecule has 6 aliphatic carbocycles. The quantitative estimate of drug-likeness (QED) is 0.299. The van der Waals surface area contributed by atoms with E-state index in [9.17, 15) is 14.4 Å². The summed E-state index contributed by atoms with van der Waals surface area (Å²) in [6.07, 6.45) is 14.6. The van der Waals surface area contributed by atoms with Crippen LogP contribution in [0.4, 0.5) is 0 Å². The maximum absolute atomic E-state index is 13.6. The van der Waals surface area contributed by atoms with Crippen LogP contribution in [-0.4, -0.2) is 31.4 Å². The lowest BCUT2D eigenvalue weighted by Gasteiger charge is -2.67. The molecule has 4 heteroatoms. The van der Waals surface area contributed by atoms with Crippen LogP contribution in [0, 0.1) is 75.4 Å². The van der Waals surface area contributed by atoms with Gasteiger partial charge in [-0.1, -0.05) is 47.1 Å². The standard InChI is InChI=1S/C38H59NO3/c1-22(2)34-32(42)20-38(16-17-39-7)15-12-30-27(35(34)38)8-9-33-36(5)13-10-25(24(4)29(36)11-14-37(30,33)6)19-31(41)28-18-26(21-40)23(28)3/h21-30,33,39H,8-20H2,1-7H3. The summed E-state index contributed by atoms with van der Waals surface area (Å²) in [5.74, 6) is 5.51. The van der Waals surface area contributed by atoms with Gasteiger partial charge in [-0.05, 0) is 142 Å². The fourth-order valence-electron chi connectivity index (χ4n) is 12.9. The van der Waals surface area contributed by atoms with Gasteiger partial charge in [0, 0.05) is 30.1 Å². The molecule has 42 heavy (non-hydrogen) atoms. The molecule has 0 aromatic heterocycles. The molecule has 0 saturated heterocycles. The highest BCUT2D eigenvalue weighted by Crippen LogP contribution is 2.72. The maximum atomic E-state index is 13.6. The third-order valence-electron chi connectivity index (χ3n) is 15.2. The molecule has 0 aliphatic heterocycles. The van der Waals surface area contributed by atoms with Crippen molar-refractivity contribution in [1.82, 2.24) is 5.32 Å². The van der Waals surface area contributed by atoms with Crippen LogP contribution in [0.2, 0.25) is 0 Å². The monoisotopic (exact) mass is 577 g/mol. The molecule has 5 saturated carbocycles. The summed E-state index contributed by atoms with van der Waals surface area (Å²) in [6, 6.07) is 0. The van der Waals surface area contributed by atoms with E-state index in [2.05, 4.69) is 53.9 Å². The van der Waals surface area contributed by atoms with Crippen molar-refractivity contribution in [2.45, 2.75) is 119 Å². The molecule has 6 aliphatic rings. The van der Waals surface area contributed by atoms with E-state index in [0.717, 1.165) is 44.4 Å². The first-order chi connectivity index (χ1) is 19.9. The third-order valence-corrected chi connectivity index (χ3v) is 15.2. The number of carbonyl (C=O) groups is 3. The summed E-state index contributed by atoms with van der Waals surface area (Å²) < 4.78 is 0. The lowest BCUT2D eigenvalue weighted by molar-refractivity contribution is -0.172. The highest BCUT2D eigenvalue weighted by Gasteiger charge is 2.64. The molecule has 5 fully saturated rings. The summed E-state index contributed by atoms with van der Waals surface area (Å²) in [6.45, 7) is 15.4. The van der Waals surface area contributed by atoms with Crippen molar-refractivity contribution in [2.24, 2.45) is 75.4 Å². The van der Waals surface area contributed by atoms with E-state index in [0.29, 0.717) is 57.9 Å². The van der Waals surface area contributed by atoms with E-state index in [4.69, 9.17) is 0 Å². The molecule has 0 spiro atoms.